The minimum absolute atomic E-state index is 0.0679. The van der Waals surface area contributed by atoms with Crippen LogP contribution in [0.1, 0.15) is 43.2 Å². The summed E-state index contributed by atoms with van der Waals surface area (Å²) in [5.41, 5.74) is 3.57. The standard InChI is InChI=1S/C18H25NO2/c1-13-6-7-16(14(2)10-13)21-12-15-8-9-20-17(15)11-19-18(3,4)5/h6-10,19H,11-12H2,1-5H3. The Morgan fingerprint density at radius 1 is 1.14 bits per heavy atom. The molecule has 1 aromatic carbocycles. The van der Waals surface area contributed by atoms with Crippen LogP contribution in [0.25, 0.3) is 0 Å². The van der Waals surface area contributed by atoms with Gasteiger partial charge in [-0.3, -0.25) is 0 Å². The first-order chi connectivity index (χ1) is 9.85. The van der Waals surface area contributed by atoms with Crippen LogP contribution in [0.15, 0.2) is 34.9 Å². The summed E-state index contributed by atoms with van der Waals surface area (Å²) in [5.74, 6) is 1.87. The molecule has 21 heavy (non-hydrogen) atoms. The second kappa shape index (κ2) is 6.35. The summed E-state index contributed by atoms with van der Waals surface area (Å²) in [6, 6.07) is 8.20. The lowest BCUT2D eigenvalue weighted by molar-refractivity contribution is 0.297. The van der Waals surface area contributed by atoms with Crippen LogP contribution < -0.4 is 10.1 Å². The second-order valence-electron chi connectivity index (χ2n) is 6.53. The zero-order chi connectivity index (χ0) is 15.5. The molecule has 0 unspecified atom stereocenters. The number of hydrogen-bond acceptors (Lipinski definition) is 3. The van der Waals surface area contributed by atoms with Gasteiger partial charge in [0.05, 0.1) is 12.8 Å². The Labute approximate surface area is 127 Å². The summed E-state index contributed by atoms with van der Waals surface area (Å²) in [4.78, 5) is 0. The third kappa shape index (κ3) is 4.64. The predicted molar refractivity (Wildman–Crippen MR) is 85.5 cm³/mol. The maximum absolute atomic E-state index is 5.92. The molecule has 0 saturated heterocycles. The van der Waals surface area contributed by atoms with E-state index < -0.39 is 0 Å². The van der Waals surface area contributed by atoms with Gasteiger partial charge in [0.15, 0.2) is 0 Å². The van der Waals surface area contributed by atoms with Gasteiger partial charge in [-0.25, -0.2) is 0 Å². The van der Waals surface area contributed by atoms with E-state index in [1.807, 2.05) is 12.1 Å². The van der Waals surface area contributed by atoms with Crippen LogP contribution in [0.2, 0.25) is 0 Å². The first-order valence-electron chi connectivity index (χ1n) is 7.35. The van der Waals surface area contributed by atoms with E-state index in [0.717, 1.165) is 22.6 Å². The highest BCUT2D eigenvalue weighted by Crippen LogP contribution is 2.21. The average molecular weight is 287 g/mol. The maximum Gasteiger partial charge on any atom is 0.124 e. The van der Waals surface area contributed by atoms with Crippen molar-refractivity contribution in [1.82, 2.24) is 5.32 Å². The van der Waals surface area contributed by atoms with E-state index in [1.165, 1.54) is 5.56 Å². The van der Waals surface area contributed by atoms with E-state index in [1.54, 1.807) is 6.26 Å². The van der Waals surface area contributed by atoms with Gasteiger partial charge < -0.3 is 14.5 Å². The normalized spacial score (nSPS) is 11.7. The van der Waals surface area contributed by atoms with Crippen molar-refractivity contribution in [2.75, 3.05) is 0 Å². The zero-order valence-corrected chi connectivity index (χ0v) is 13.6. The lowest BCUT2D eigenvalue weighted by Crippen LogP contribution is -2.35. The van der Waals surface area contributed by atoms with Gasteiger partial charge in [0.1, 0.15) is 18.1 Å². The molecule has 0 fully saturated rings. The average Bonchev–Trinajstić information content (AvgIpc) is 2.82. The number of rotatable bonds is 5. The van der Waals surface area contributed by atoms with Gasteiger partial charge in [-0.1, -0.05) is 17.7 Å². The molecule has 3 nitrogen and oxygen atoms in total. The van der Waals surface area contributed by atoms with Crippen LogP contribution in [0.3, 0.4) is 0 Å². The quantitative estimate of drug-likeness (QED) is 0.887. The van der Waals surface area contributed by atoms with Crippen LogP contribution in [0, 0.1) is 13.8 Å². The molecule has 0 bridgehead atoms. The number of hydrogen-bond donors (Lipinski definition) is 1. The third-order valence-corrected chi connectivity index (χ3v) is 3.33. The zero-order valence-electron chi connectivity index (χ0n) is 13.6. The highest BCUT2D eigenvalue weighted by atomic mass is 16.5. The van der Waals surface area contributed by atoms with Crippen molar-refractivity contribution in [3.8, 4) is 5.75 Å². The summed E-state index contributed by atoms with van der Waals surface area (Å²) in [7, 11) is 0. The molecule has 1 N–H and O–H groups in total. The van der Waals surface area contributed by atoms with Gasteiger partial charge in [-0.15, -0.1) is 0 Å². The first kappa shape index (κ1) is 15.6. The lowest BCUT2D eigenvalue weighted by atomic mass is 10.1. The van der Waals surface area contributed by atoms with Gasteiger partial charge in [-0.2, -0.15) is 0 Å². The molecule has 0 aliphatic heterocycles. The van der Waals surface area contributed by atoms with Crippen molar-refractivity contribution in [2.45, 2.75) is 53.3 Å². The van der Waals surface area contributed by atoms with Gasteiger partial charge in [0, 0.05) is 11.1 Å². The molecule has 0 aliphatic rings. The number of furan rings is 1. The lowest BCUT2D eigenvalue weighted by Gasteiger charge is -2.20. The molecular weight excluding hydrogens is 262 g/mol. The Kier molecular flexibility index (Phi) is 4.73. The Morgan fingerprint density at radius 3 is 2.57 bits per heavy atom. The maximum atomic E-state index is 5.92. The smallest absolute Gasteiger partial charge is 0.124 e. The van der Waals surface area contributed by atoms with E-state index in [4.69, 9.17) is 9.15 Å². The van der Waals surface area contributed by atoms with E-state index in [-0.39, 0.29) is 5.54 Å². The largest absolute Gasteiger partial charge is 0.489 e. The molecule has 0 radical (unpaired) electrons. The fraction of sp³-hybridized carbons (Fsp3) is 0.444. The molecule has 0 amide bonds. The van der Waals surface area contributed by atoms with Crippen LogP contribution in [0.5, 0.6) is 5.75 Å². The number of ether oxygens (including phenoxy) is 1. The summed E-state index contributed by atoms with van der Waals surface area (Å²) in [6.45, 7) is 11.8. The van der Waals surface area contributed by atoms with E-state index in [9.17, 15) is 0 Å². The van der Waals surface area contributed by atoms with Gasteiger partial charge in [-0.05, 0) is 52.3 Å². The predicted octanol–water partition coefficient (Wildman–Crippen LogP) is 4.36. The summed E-state index contributed by atoms with van der Waals surface area (Å²) >= 11 is 0. The van der Waals surface area contributed by atoms with E-state index in [2.05, 4.69) is 52.1 Å². The van der Waals surface area contributed by atoms with Crippen LogP contribution in [-0.4, -0.2) is 5.54 Å². The molecule has 114 valence electrons. The molecule has 2 aromatic rings. The SMILES string of the molecule is Cc1ccc(OCc2ccoc2CNC(C)(C)C)c(C)c1. The highest BCUT2D eigenvalue weighted by Gasteiger charge is 2.13. The number of nitrogens with one attached hydrogen (secondary N) is 1. The molecular formula is C18H25NO2. The molecule has 2 rings (SSSR count). The van der Waals surface area contributed by atoms with Crippen molar-refractivity contribution in [1.29, 1.82) is 0 Å². The Morgan fingerprint density at radius 2 is 1.90 bits per heavy atom. The number of benzene rings is 1. The fourth-order valence-corrected chi connectivity index (χ4v) is 2.11. The Hall–Kier alpha value is -1.74. The molecule has 0 spiro atoms. The van der Waals surface area contributed by atoms with Crippen molar-refractivity contribution >= 4 is 0 Å². The summed E-state index contributed by atoms with van der Waals surface area (Å²) < 4.78 is 11.5. The third-order valence-electron chi connectivity index (χ3n) is 3.33. The Balaban J connectivity index is 1.99. The minimum Gasteiger partial charge on any atom is -0.489 e. The van der Waals surface area contributed by atoms with Gasteiger partial charge in [0.2, 0.25) is 0 Å². The first-order valence-corrected chi connectivity index (χ1v) is 7.35. The van der Waals surface area contributed by atoms with Crippen molar-refractivity contribution in [3.05, 3.63) is 53.0 Å². The Bertz CT molecular complexity index is 594. The van der Waals surface area contributed by atoms with Gasteiger partial charge in [0.25, 0.3) is 0 Å². The number of aryl methyl sites for hydroxylation is 2. The van der Waals surface area contributed by atoms with Crippen molar-refractivity contribution in [3.63, 3.8) is 0 Å². The van der Waals surface area contributed by atoms with Crippen LogP contribution in [0.4, 0.5) is 0 Å². The van der Waals surface area contributed by atoms with Crippen LogP contribution >= 0.6 is 0 Å². The summed E-state index contributed by atoms with van der Waals surface area (Å²) in [5, 5.41) is 3.43. The molecule has 0 atom stereocenters. The van der Waals surface area contributed by atoms with E-state index >= 15 is 0 Å². The molecule has 1 aromatic heterocycles. The molecule has 0 saturated carbocycles. The van der Waals surface area contributed by atoms with Gasteiger partial charge >= 0.3 is 0 Å². The van der Waals surface area contributed by atoms with Crippen molar-refractivity contribution in [2.24, 2.45) is 0 Å². The topological polar surface area (TPSA) is 34.4 Å². The fourth-order valence-electron chi connectivity index (χ4n) is 2.11. The highest BCUT2D eigenvalue weighted by molar-refractivity contribution is 5.36. The van der Waals surface area contributed by atoms with Crippen LogP contribution in [-0.2, 0) is 13.2 Å². The minimum atomic E-state index is 0.0679. The van der Waals surface area contributed by atoms with Crippen molar-refractivity contribution < 1.29 is 9.15 Å². The summed E-state index contributed by atoms with van der Waals surface area (Å²) in [6.07, 6.45) is 1.72. The molecule has 1 heterocycles. The molecule has 0 aliphatic carbocycles. The van der Waals surface area contributed by atoms with E-state index in [0.29, 0.717) is 13.2 Å². The monoisotopic (exact) mass is 287 g/mol. The molecule has 3 heteroatoms. The second-order valence-corrected chi connectivity index (χ2v) is 6.53.